The average Bonchev–Trinajstić information content (AvgIpc) is 3.23. The number of rotatable bonds is 3. The Balaban J connectivity index is 1.41. The Morgan fingerprint density at radius 1 is 1.31 bits per heavy atom. The molecule has 0 aromatic carbocycles. The molecular weight excluding hydrogens is 370 g/mol. The molecule has 8 heteroatoms. The van der Waals surface area contributed by atoms with E-state index in [2.05, 4.69) is 27.7 Å². The van der Waals surface area contributed by atoms with Crippen LogP contribution < -0.4 is 5.32 Å². The molecule has 1 N–H and O–H groups in total. The van der Waals surface area contributed by atoms with Gasteiger partial charge in [0, 0.05) is 43.2 Å². The Hall–Kier alpha value is -1.64. The van der Waals surface area contributed by atoms with Gasteiger partial charge in [-0.05, 0) is 48.4 Å². The molecule has 3 aliphatic rings. The van der Waals surface area contributed by atoms with Crippen LogP contribution in [-0.2, 0) is 16.1 Å². The van der Waals surface area contributed by atoms with Crippen molar-refractivity contribution in [3.63, 3.8) is 0 Å². The van der Waals surface area contributed by atoms with Crippen molar-refractivity contribution in [2.75, 3.05) is 19.6 Å². The molecule has 6 nitrogen and oxygen atoms in total. The van der Waals surface area contributed by atoms with Crippen molar-refractivity contribution >= 4 is 40.2 Å². The van der Waals surface area contributed by atoms with E-state index < -0.39 is 11.1 Å². The summed E-state index contributed by atoms with van der Waals surface area (Å²) in [7, 11) is 0. The number of amides is 3. The molecule has 3 aliphatic heterocycles. The van der Waals surface area contributed by atoms with Crippen LogP contribution in [0.4, 0.5) is 4.79 Å². The van der Waals surface area contributed by atoms with Gasteiger partial charge in [-0.2, -0.15) is 0 Å². The van der Waals surface area contributed by atoms with E-state index in [-0.39, 0.29) is 16.9 Å². The van der Waals surface area contributed by atoms with Crippen LogP contribution in [-0.4, -0.2) is 52.5 Å². The number of thioether (sulfide) groups is 1. The van der Waals surface area contributed by atoms with E-state index in [1.165, 1.54) is 11.0 Å². The lowest BCUT2D eigenvalue weighted by Crippen LogP contribution is -2.55. The van der Waals surface area contributed by atoms with Gasteiger partial charge in [0.25, 0.3) is 11.1 Å². The second kappa shape index (κ2) is 7.54. The first-order chi connectivity index (χ1) is 12.6. The molecule has 0 radical (unpaired) electrons. The van der Waals surface area contributed by atoms with E-state index in [0.29, 0.717) is 5.92 Å². The predicted molar refractivity (Wildman–Crippen MR) is 102 cm³/mol. The highest BCUT2D eigenvalue weighted by molar-refractivity contribution is 8.18. The molecule has 138 valence electrons. The third-order valence-corrected chi connectivity index (χ3v) is 6.96. The quantitative estimate of drug-likeness (QED) is 0.802. The Bertz CT molecular complexity index is 747. The molecule has 1 aromatic heterocycles. The van der Waals surface area contributed by atoms with E-state index >= 15 is 0 Å². The summed E-state index contributed by atoms with van der Waals surface area (Å²) in [6.07, 6.45) is 4.43. The summed E-state index contributed by atoms with van der Waals surface area (Å²) in [5, 5.41) is 3.90. The van der Waals surface area contributed by atoms with Crippen LogP contribution in [0.15, 0.2) is 28.5 Å². The minimum atomic E-state index is -0.465. The van der Waals surface area contributed by atoms with E-state index in [4.69, 9.17) is 0 Å². The molecule has 0 unspecified atom stereocenters. The zero-order chi connectivity index (χ0) is 18.1. The Labute approximate surface area is 160 Å². The smallest absolute Gasteiger partial charge is 0.290 e. The van der Waals surface area contributed by atoms with Gasteiger partial charge in [0.2, 0.25) is 5.91 Å². The second-order valence-electron chi connectivity index (χ2n) is 6.96. The summed E-state index contributed by atoms with van der Waals surface area (Å²) >= 11 is 2.59. The van der Waals surface area contributed by atoms with Gasteiger partial charge in [-0.1, -0.05) is 6.07 Å². The fourth-order valence-electron chi connectivity index (χ4n) is 4.14. The summed E-state index contributed by atoms with van der Waals surface area (Å²) in [5.74, 6) is -0.127. The van der Waals surface area contributed by atoms with Gasteiger partial charge in [-0.3, -0.25) is 24.6 Å². The molecule has 3 fully saturated rings. The number of hydrogen-bond donors (Lipinski definition) is 1. The Morgan fingerprint density at radius 2 is 2.19 bits per heavy atom. The van der Waals surface area contributed by atoms with Crippen LogP contribution in [0.3, 0.4) is 0 Å². The number of thiophene rings is 1. The van der Waals surface area contributed by atoms with E-state index in [1.807, 2.05) is 4.90 Å². The number of piperidine rings is 2. The van der Waals surface area contributed by atoms with Crippen molar-refractivity contribution in [1.29, 1.82) is 0 Å². The second-order valence-corrected chi connectivity index (χ2v) is 9.00. The maximum Gasteiger partial charge on any atom is 0.290 e. The number of carbonyl (C=O) groups is 3. The molecule has 0 aliphatic carbocycles. The van der Waals surface area contributed by atoms with Gasteiger partial charge in [-0.15, -0.1) is 11.3 Å². The highest BCUT2D eigenvalue weighted by Gasteiger charge is 2.38. The molecule has 4 rings (SSSR count). The molecule has 0 bridgehead atoms. The lowest BCUT2D eigenvalue weighted by atomic mass is 9.83. The molecule has 0 spiro atoms. The normalized spacial score (nSPS) is 28.3. The summed E-state index contributed by atoms with van der Waals surface area (Å²) in [6, 6.07) is 4.49. The van der Waals surface area contributed by atoms with Crippen molar-refractivity contribution in [3.05, 3.63) is 33.4 Å². The topological polar surface area (TPSA) is 69.7 Å². The molecule has 3 saturated heterocycles. The lowest BCUT2D eigenvalue weighted by Gasteiger charge is -2.47. The van der Waals surface area contributed by atoms with Crippen molar-refractivity contribution in [3.8, 4) is 0 Å². The predicted octanol–water partition coefficient (Wildman–Crippen LogP) is 2.43. The third-order valence-electron chi connectivity index (χ3n) is 5.29. The first-order valence-electron chi connectivity index (χ1n) is 8.90. The van der Waals surface area contributed by atoms with E-state index in [0.717, 1.165) is 57.2 Å². The lowest BCUT2D eigenvalue weighted by molar-refractivity contribution is -0.133. The number of hydrogen-bond acceptors (Lipinski definition) is 6. The van der Waals surface area contributed by atoms with Crippen molar-refractivity contribution in [2.24, 2.45) is 5.92 Å². The Morgan fingerprint density at radius 3 is 2.92 bits per heavy atom. The average molecular weight is 392 g/mol. The van der Waals surface area contributed by atoms with Crippen LogP contribution in [0.25, 0.3) is 0 Å². The molecule has 4 heterocycles. The van der Waals surface area contributed by atoms with Crippen molar-refractivity contribution in [2.45, 2.75) is 31.8 Å². The van der Waals surface area contributed by atoms with Crippen LogP contribution in [0, 0.1) is 5.92 Å². The number of carbonyl (C=O) groups excluding carboxylic acids is 3. The first-order valence-corrected chi connectivity index (χ1v) is 10.6. The highest BCUT2D eigenvalue weighted by atomic mass is 32.2. The SMILES string of the molecule is O=C1NC(=O)C(=CC(=O)N2CCC[C@@H]3CN(Cc4cccs4)CC[C@H]32)S1. The minimum Gasteiger partial charge on any atom is -0.336 e. The van der Waals surface area contributed by atoms with Crippen LogP contribution in [0.2, 0.25) is 0 Å². The summed E-state index contributed by atoms with van der Waals surface area (Å²) in [4.78, 5) is 41.7. The third kappa shape index (κ3) is 3.72. The monoisotopic (exact) mass is 391 g/mol. The van der Waals surface area contributed by atoms with Gasteiger partial charge in [0.1, 0.15) is 0 Å². The molecular formula is C18H21N3O3S2. The molecule has 0 saturated carbocycles. The van der Waals surface area contributed by atoms with Crippen molar-refractivity contribution < 1.29 is 14.4 Å². The van der Waals surface area contributed by atoms with Crippen LogP contribution >= 0.6 is 23.1 Å². The highest BCUT2D eigenvalue weighted by Crippen LogP contribution is 2.32. The Kier molecular flexibility index (Phi) is 5.15. The number of fused-ring (bicyclic) bond motifs is 1. The number of imide groups is 1. The number of nitrogens with one attached hydrogen (secondary N) is 1. The van der Waals surface area contributed by atoms with Crippen LogP contribution in [0.1, 0.15) is 24.1 Å². The summed E-state index contributed by atoms with van der Waals surface area (Å²) < 4.78 is 0. The fourth-order valence-corrected chi connectivity index (χ4v) is 5.53. The largest absolute Gasteiger partial charge is 0.336 e. The van der Waals surface area contributed by atoms with Crippen LogP contribution in [0.5, 0.6) is 0 Å². The van der Waals surface area contributed by atoms with Gasteiger partial charge in [0.05, 0.1) is 4.91 Å². The van der Waals surface area contributed by atoms with Gasteiger partial charge < -0.3 is 4.90 Å². The maximum absolute atomic E-state index is 12.7. The molecule has 2 atom stereocenters. The van der Waals surface area contributed by atoms with E-state index in [1.54, 1.807) is 11.3 Å². The summed E-state index contributed by atoms with van der Waals surface area (Å²) in [5.41, 5.74) is 0. The molecule has 3 amide bonds. The van der Waals surface area contributed by atoms with Gasteiger partial charge in [-0.25, -0.2) is 0 Å². The molecule has 1 aromatic rings. The summed E-state index contributed by atoms with van der Waals surface area (Å²) in [6.45, 7) is 3.70. The minimum absolute atomic E-state index is 0.140. The first kappa shape index (κ1) is 17.8. The molecule has 26 heavy (non-hydrogen) atoms. The zero-order valence-corrected chi connectivity index (χ0v) is 16.0. The maximum atomic E-state index is 12.7. The number of nitrogens with zero attached hydrogens (tertiary/aromatic N) is 2. The number of likely N-dealkylation sites (tertiary alicyclic amines) is 2. The van der Waals surface area contributed by atoms with Crippen molar-refractivity contribution in [1.82, 2.24) is 15.1 Å². The van der Waals surface area contributed by atoms with Gasteiger partial charge >= 0.3 is 0 Å². The standard InChI is InChI=1S/C18H21N3O3S2/c22-16(9-15-17(23)19-18(24)26-15)21-6-1-3-12-10-20(7-5-14(12)21)11-13-4-2-8-25-13/h2,4,8-9,12,14H,1,3,5-7,10-11H2,(H,19,23,24)/t12-,14-/m1/s1. The van der Waals surface area contributed by atoms with E-state index in [9.17, 15) is 14.4 Å². The zero-order valence-electron chi connectivity index (χ0n) is 14.3. The van der Waals surface area contributed by atoms with Gasteiger partial charge in [0.15, 0.2) is 0 Å². The fraction of sp³-hybridized carbons (Fsp3) is 0.500.